The molecule has 1 atom stereocenters. The highest BCUT2D eigenvalue weighted by Crippen LogP contribution is 2.33. The van der Waals surface area contributed by atoms with E-state index in [1.807, 2.05) is 72.8 Å². The number of halogens is 1. The molecule has 2 saturated heterocycles. The van der Waals surface area contributed by atoms with Gasteiger partial charge in [-0.25, -0.2) is 18.4 Å². The van der Waals surface area contributed by atoms with E-state index in [-0.39, 0.29) is 28.1 Å². The van der Waals surface area contributed by atoms with Crippen molar-refractivity contribution >= 4 is 67.2 Å². The van der Waals surface area contributed by atoms with Gasteiger partial charge in [-0.15, -0.1) is 11.8 Å². The van der Waals surface area contributed by atoms with Crippen LogP contribution < -0.4 is 14.9 Å². The second-order valence-corrected chi connectivity index (χ2v) is 18.3. The molecule has 6 aromatic rings. The smallest absolute Gasteiger partial charge is 0.293 e. The van der Waals surface area contributed by atoms with Gasteiger partial charge in [0.2, 0.25) is 0 Å². The molecule has 1 unspecified atom stereocenters. The first-order valence-electron chi connectivity index (χ1n) is 20.3. The van der Waals surface area contributed by atoms with E-state index in [1.165, 1.54) is 29.6 Å². The average Bonchev–Trinajstić information content (AvgIpc) is 3.28. The second kappa shape index (κ2) is 19.6. The maximum Gasteiger partial charge on any atom is 0.293 e. The van der Waals surface area contributed by atoms with Gasteiger partial charge in [-0.3, -0.25) is 24.6 Å². The Morgan fingerprint density at radius 1 is 0.836 bits per heavy atom. The Labute approximate surface area is 365 Å². The first-order valence-corrected chi connectivity index (χ1v) is 23.1. The van der Waals surface area contributed by atoms with Crippen LogP contribution in [0.4, 0.5) is 22.9 Å². The van der Waals surface area contributed by atoms with E-state index < -0.39 is 14.9 Å². The molecule has 316 valence electrons. The molecule has 2 aliphatic heterocycles. The number of morpholine rings is 1. The third-order valence-electron chi connectivity index (χ3n) is 11.1. The van der Waals surface area contributed by atoms with Gasteiger partial charge in [-0.1, -0.05) is 66.2 Å². The number of piperazine rings is 1. The lowest BCUT2D eigenvalue weighted by molar-refractivity contribution is -0.384. The van der Waals surface area contributed by atoms with E-state index in [0.29, 0.717) is 34.9 Å². The highest BCUT2D eigenvalue weighted by atomic mass is 35.5. The number of thioether (sulfide) groups is 1. The van der Waals surface area contributed by atoms with Crippen LogP contribution in [0, 0.1) is 10.1 Å². The number of benzene rings is 5. The fraction of sp³-hybridized carbons (Fsp3) is 0.289. The van der Waals surface area contributed by atoms with Crippen LogP contribution in [-0.2, 0) is 21.3 Å². The molecule has 2 aliphatic rings. The molecule has 0 spiro atoms. The minimum absolute atomic E-state index is 0.0862. The van der Waals surface area contributed by atoms with Crippen molar-refractivity contribution in [1.82, 2.24) is 19.8 Å². The van der Waals surface area contributed by atoms with Gasteiger partial charge >= 0.3 is 0 Å². The van der Waals surface area contributed by atoms with Gasteiger partial charge in [0.05, 0.1) is 28.5 Å². The number of nitro groups is 1. The van der Waals surface area contributed by atoms with E-state index in [0.717, 1.165) is 81.0 Å². The quantitative estimate of drug-likeness (QED) is 0.0548. The Kier molecular flexibility index (Phi) is 13.6. The molecule has 0 bridgehead atoms. The first-order chi connectivity index (χ1) is 29.7. The maximum atomic E-state index is 13.8. The van der Waals surface area contributed by atoms with Crippen LogP contribution >= 0.6 is 23.4 Å². The van der Waals surface area contributed by atoms with Gasteiger partial charge in [0.15, 0.2) is 5.82 Å². The summed E-state index contributed by atoms with van der Waals surface area (Å²) < 4.78 is 35.7. The van der Waals surface area contributed by atoms with Crippen LogP contribution in [0.15, 0.2) is 131 Å². The molecule has 16 heteroatoms. The SMILES string of the molecule is O=[N+]([O-])c1cc(S(=O)(=O)Nc2ncnc3cc(N4CCN(Cc5cc(Cl)ccc5-c5ccccc5)CC4)ccc23)ccc1NC(CCN1CCOCC1)CSc1ccccc1. The molecule has 2 N–H and O–H groups in total. The van der Waals surface area contributed by atoms with E-state index in [1.54, 1.807) is 11.8 Å². The average molecular weight is 880 g/mol. The van der Waals surface area contributed by atoms with Crippen molar-refractivity contribution in [2.45, 2.75) is 28.8 Å². The molecule has 61 heavy (non-hydrogen) atoms. The van der Waals surface area contributed by atoms with Crippen molar-refractivity contribution in [1.29, 1.82) is 0 Å². The predicted molar refractivity (Wildman–Crippen MR) is 244 cm³/mol. The summed E-state index contributed by atoms with van der Waals surface area (Å²) in [6.45, 7) is 7.88. The molecular weight excluding hydrogens is 832 g/mol. The summed E-state index contributed by atoms with van der Waals surface area (Å²) in [5, 5.41) is 17.0. The van der Waals surface area contributed by atoms with Crippen molar-refractivity contribution in [3.63, 3.8) is 0 Å². The summed E-state index contributed by atoms with van der Waals surface area (Å²) in [4.78, 5) is 28.5. The van der Waals surface area contributed by atoms with Gasteiger partial charge in [-0.2, -0.15) is 0 Å². The standard InChI is InChI=1S/C45H47ClN8O5S2/c46-35-11-14-40(33-7-3-1-4-8-33)34(27-35)30-52-19-21-53(22-20-52)37-12-15-41-43(28-37)47-32-48-45(41)50-61(57,58)39-13-16-42(44(29-39)54(55)56)49-36(17-18-51-23-25-59-26-24-51)31-60-38-9-5-2-6-10-38/h1-16,27-29,32,36,49H,17-26,30-31H2,(H,47,48,50). The number of nitro benzene ring substituents is 1. The number of fused-ring (bicyclic) bond motifs is 1. The minimum atomic E-state index is -4.28. The number of aromatic nitrogens is 2. The summed E-state index contributed by atoms with van der Waals surface area (Å²) in [6, 6.07) is 35.9. The van der Waals surface area contributed by atoms with Crippen LogP contribution in [0.3, 0.4) is 0 Å². The van der Waals surface area contributed by atoms with Gasteiger partial charge in [0.1, 0.15) is 12.0 Å². The van der Waals surface area contributed by atoms with Crippen molar-refractivity contribution in [2.24, 2.45) is 0 Å². The Bertz CT molecular complexity index is 2560. The van der Waals surface area contributed by atoms with Crippen LogP contribution in [0.1, 0.15) is 12.0 Å². The third kappa shape index (κ3) is 10.8. The number of nitrogens with zero attached hydrogens (tertiary/aromatic N) is 6. The zero-order valence-corrected chi connectivity index (χ0v) is 35.9. The summed E-state index contributed by atoms with van der Waals surface area (Å²) in [6.07, 6.45) is 2.05. The minimum Gasteiger partial charge on any atom is -0.379 e. The molecule has 5 aromatic carbocycles. The van der Waals surface area contributed by atoms with Gasteiger partial charge in [0.25, 0.3) is 15.7 Å². The second-order valence-electron chi connectivity index (χ2n) is 15.1. The number of rotatable bonds is 16. The Morgan fingerprint density at radius 2 is 1.59 bits per heavy atom. The lowest BCUT2D eigenvalue weighted by Gasteiger charge is -2.36. The highest BCUT2D eigenvalue weighted by Gasteiger charge is 2.26. The third-order valence-corrected chi connectivity index (χ3v) is 13.8. The fourth-order valence-electron chi connectivity index (χ4n) is 7.75. The highest BCUT2D eigenvalue weighted by molar-refractivity contribution is 7.99. The molecule has 0 amide bonds. The summed E-state index contributed by atoms with van der Waals surface area (Å²) in [5.74, 6) is 0.745. The molecule has 1 aromatic heterocycles. The largest absolute Gasteiger partial charge is 0.379 e. The van der Waals surface area contributed by atoms with E-state index >= 15 is 0 Å². The topological polar surface area (TPSA) is 146 Å². The monoisotopic (exact) mass is 878 g/mol. The van der Waals surface area contributed by atoms with Crippen molar-refractivity contribution in [2.75, 3.05) is 79.7 Å². The van der Waals surface area contributed by atoms with Crippen molar-refractivity contribution in [3.8, 4) is 11.1 Å². The molecule has 0 radical (unpaired) electrons. The fourth-order valence-corrected chi connectivity index (χ4v) is 9.99. The van der Waals surface area contributed by atoms with Gasteiger partial charge < -0.3 is 15.0 Å². The molecular formula is C45H47ClN8O5S2. The lowest BCUT2D eigenvalue weighted by Crippen LogP contribution is -2.46. The van der Waals surface area contributed by atoms with Crippen LogP contribution in [0.2, 0.25) is 5.02 Å². The zero-order chi connectivity index (χ0) is 42.2. The lowest BCUT2D eigenvalue weighted by atomic mass is 9.99. The van der Waals surface area contributed by atoms with Crippen molar-refractivity contribution in [3.05, 3.63) is 142 Å². The molecule has 0 aliphatic carbocycles. The van der Waals surface area contributed by atoms with Crippen molar-refractivity contribution < 1.29 is 18.1 Å². The number of hydrogen-bond acceptors (Lipinski definition) is 12. The van der Waals surface area contributed by atoms with Crippen LogP contribution in [0.25, 0.3) is 22.0 Å². The molecule has 8 rings (SSSR count). The zero-order valence-electron chi connectivity index (χ0n) is 33.5. The normalized spacial score (nSPS) is 15.7. The first kappa shape index (κ1) is 42.4. The predicted octanol–water partition coefficient (Wildman–Crippen LogP) is 8.28. The number of anilines is 3. The Balaban J connectivity index is 0.939. The van der Waals surface area contributed by atoms with E-state index in [4.69, 9.17) is 16.3 Å². The number of nitrogens with one attached hydrogen (secondary N) is 2. The van der Waals surface area contributed by atoms with Crippen LogP contribution in [0.5, 0.6) is 0 Å². The van der Waals surface area contributed by atoms with E-state index in [9.17, 15) is 18.5 Å². The van der Waals surface area contributed by atoms with Crippen LogP contribution in [-0.4, -0.2) is 104 Å². The Morgan fingerprint density at radius 3 is 2.34 bits per heavy atom. The number of hydrogen-bond donors (Lipinski definition) is 2. The molecule has 13 nitrogen and oxygen atoms in total. The number of ether oxygens (including phenoxy) is 1. The molecule has 2 fully saturated rings. The summed E-state index contributed by atoms with van der Waals surface area (Å²) in [5.41, 5.74) is 4.99. The Hall–Kier alpha value is -5.29. The summed E-state index contributed by atoms with van der Waals surface area (Å²) in [7, 11) is -4.28. The van der Waals surface area contributed by atoms with Gasteiger partial charge in [0, 0.05) is 91.2 Å². The van der Waals surface area contributed by atoms with Gasteiger partial charge in [-0.05, 0) is 77.7 Å². The summed E-state index contributed by atoms with van der Waals surface area (Å²) >= 11 is 8.10. The van der Waals surface area contributed by atoms with E-state index in [2.05, 4.69) is 59.0 Å². The molecule has 3 heterocycles. The number of sulfonamides is 1. The maximum absolute atomic E-state index is 13.8. The molecule has 0 saturated carbocycles.